The number of rotatable bonds is 6. The third-order valence-corrected chi connectivity index (χ3v) is 2.60. The number of carboxylic acids is 1. The Balaban J connectivity index is 4.65. The molecule has 7 heteroatoms. The van der Waals surface area contributed by atoms with Crippen LogP contribution in [-0.4, -0.2) is 39.1 Å². The first-order valence-electron chi connectivity index (χ1n) is 4.82. The summed E-state index contributed by atoms with van der Waals surface area (Å²) in [6.45, 7) is 5.08. The van der Waals surface area contributed by atoms with Crippen molar-refractivity contribution < 1.29 is 24.3 Å². The zero-order valence-electron chi connectivity index (χ0n) is 9.54. The van der Waals surface area contributed by atoms with Crippen LogP contribution >= 0.6 is 7.60 Å². The summed E-state index contributed by atoms with van der Waals surface area (Å²) >= 11 is 0. The fourth-order valence-corrected chi connectivity index (χ4v) is 1.97. The Morgan fingerprint density at radius 2 is 1.94 bits per heavy atom. The molecule has 0 fully saturated rings. The Kier molecular flexibility index (Phi) is 5.89. The second-order valence-corrected chi connectivity index (χ2v) is 5.62. The van der Waals surface area contributed by atoms with Crippen molar-refractivity contribution in [2.24, 2.45) is 0 Å². The molecule has 0 aliphatic heterocycles. The van der Waals surface area contributed by atoms with Gasteiger partial charge in [0.1, 0.15) is 6.04 Å². The van der Waals surface area contributed by atoms with E-state index in [-0.39, 0.29) is 6.04 Å². The summed E-state index contributed by atoms with van der Waals surface area (Å²) in [6, 6.07) is -0.952. The number of nitrogens with one attached hydrogen (secondary N) is 1. The first-order valence-corrected chi connectivity index (χ1v) is 6.62. The number of allylic oxidation sites excluding steroid dienone is 1. The van der Waals surface area contributed by atoms with E-state index in [0.29, 0.717) is 5.57 Å². The summed E-state index contributed by atoms with van der Waals surface area (Å²) in [4.78, 5) is 28.3. The van der Waals surface area contributed by atoms with Gasteiger partial charge in [0.2, 0.25) is 0 Å². The standard InChI is InChI=1S/C9H18NO5P/c1-6(2)10-8(9(11)12)4-7(3)5-16(13,14)15/h4,6,8,10H,5H2,1-3H3,(H,11,12)(H2,13,14,15). The summed E-state index contributed by atoms with van der Waals surface area (Å²) in [5, 5.41) is 11.6. The van der Waals surface area contributed by atoms with E-state index >= 15 is 0 Å². The number of hydrogen-bond donors (Lipinski definition) is 4. The molecule has 0 bridgehead atoms. The van der Waals surface area contributed by atoms with Crippen molar-refractivity contribution in [2.75, 3.05) is 6.16 Å². The molecule has 6 nitrogen and oxygen atoms in total. The van der Waals surface area contributed by atoms with Gasteiger partial charge in [-0.05, 0) is 20.8 Å². The maximum Gasteiger partial charge on any atom is 0.329 e. The molecule has 1 atom stereocenters. The van der Waals surface area contributed by atoms with Crippen molar-refractivity contribution in [1.29, 1.82) is 0 Å². The molecule has 0 heterocycles. The van der Waals surface area contributed by atoms with Gasteiger partial charge in [0.25, 0.3) is 0 Å². The smallest absolute Gasteiger partial charge is 0.329 e. The monoisotopic (exact) mass is 251 g/mol. The minimum absolute atomic E-state index is 0.0276. The van der Waals surface area contributed by atoms with Gasteiger partial charge in [0.05, 0.1) is 6.16 Å². The van der Waals surface area contributed by atoms with Gasteiger partial charge in [-0.1, -0.05) is 11.6 Å². The van der Waals surface area contributed by atoms with Gasteiger partial charge in [0, 0.05) is 6.04 Å². The van der Waals surface area contributed by atoms with Crippen molar-refractivity contribution in [3.8, 4) is 0 Å². The predicted octanol–water partition coefficient (Wildman–Crippen LogP) is 0.562. The van der Waals surface area contributed by atoms with Crippen LogP contribution in [0.2, 0.25) is 0 Å². The van der Waals surface area contributed by atoms with Crippen LogP contribution in [0.3, 0.4) is 0 Å². The van der Waals surface area contributed by atoms with Gasteiger partial charge in [-0.15, -0.1) is 0 Å². The zero-order valence-corrected chi connectivity index (χ0v) is 10.4. The van der Waals surface area contributed by atoms with Crippen molar-refractivity contribution in [3.05, 3.63) is 11.6 Å². The first-order chi connectivity index (χ1) is 7.11. The maximum atomic E-state index is 10.8. The summed E-state index contributed by atoms with van der Waals surface area (Å²) in [7, 11) is -4.13. The average molecular weight is 251 g/mol. The molecule has 0 rings (SSSR count). The minimum atomic E-state index is -4.13. The third-order valence-electron chi connectivity index (χ3n) is 1.69. The molecule has 1 unspecified atom stereocenters. The Bertz CT molecular complexity index is 320. The second kappa shape index (κ2) is 6.15. The fourth-order valence-electron chi connectivity index (χ4n) is 1.21. The van der Waals surface area contributed by atoms with Crippen LogP contribution in [0.5, 0.6) is 0 Å². The maximum absolute atomic E-state index is 10.8. The Morgan fingerprint density at radius 3 is 2.25 bits per heavy atom. The van der Waals surface area contributed by atoms with Crippen LogP contribution in [0, 0.1) is 0 Å². The molecule has 0 aliphatic rings. The highest BCUT2D eigenvalue weighted by atomic mass is 31.2. The first kappa shape index (κ1) is 15.3. The summed E-state index contributed by atoms with van der Waals surface area (Å²) in [5.41, 5.74) is 0.355. The molecule has 0 saturated carbocycles. The molecular weight excluding hydrogens is 233 g/mol. The van der Waals surface area contributed by atoms with E-state index in [9.17, 15) is 9.36 Å². The van der Waals surface area contributed by atoms with Gasteiger partial charge < -0.3 is 14.9 Å². The van der Waals surface area contributed by atoms with Crippen LogP contribution in [0.1, 0.15) is 20.8 Å². The molecule has 0 saturated heterocycles. The summed E-state index contributed by atoms with van der Waals surface area (Å²) in [6.07, 6.45) is 0.901. The molecule has 4 N–H and O–H groups in total. The minimum Gasteiger partial charge on any atom is -0.480 e. The lowest BCUT2D eigenvalue weighted by molar-refractivity contribution is -0.138. The van der Waals surface area contributed by atoms with E-state index in [2.05, 4.69) is 5.32 Å². The number of hydrogen-bond acceptors (Lipinski definition) is 3. The van der Waals surface area contributed by atoms with E-state index in [1.165, 1.54) is 13.0 Å². The molecule has 0 aliphatic carbocycles. The normalized spacial score (nSPS) is 15.2. The van der Waals surface area contributed by atoms with Crippen molar-refractivity contribution >= 4 is 13.6 Å². The molecule has 16 heavy (non-hydrogen) atoms. The molecule has 0 spiro atoms. The lowest BCUT2D eigenvalue weighted by Crippen LogP contribution is -2.39. The molecule has 0 aromatic carbocycles. The van der Waals surface area contributed by atoms with Crippen molar-refractivity contribution in [2.45, 2.75) is 32.9 Å². The zero-order chi connectivity index (χ0) is 12.9. The van der Waals surface area contributed by atoms with E-state index in [0.717, 1.165) is 0 Å². The molecule has 0 aromatic rings. The van der Waals surface area contributed by atoms with Crippen molar-refractivity contribution in [1.82, 2.24) is 5.32 Å². The molecule has 0 aromatic heterocycles. The largest absolute Gasteiger partial charge is 0.480 e. The predicted molar refractivity (Wildman–Crippen MR) is 60.4 cm³/mol. The molecular formula is C9H18NO5P. The lowest BCUT2D eigenvalue weighted by Gasteiger charge is -2.15. The Labute approximate surface area is 94.5 Å². The quantitative estimate of drug-likeness (QED) is 0.406. The second-order valence-electron chi connectivity index (χ2n) is 3.97. The van der Waals surface area contributed by atoms with Crippen LogP contribution in [-0.2, 0) is 9.36 Å². The molecule has 0 amide bonds. The van der Waals surface area contributed by atoms with E-state index < -0.39 is 25.8 Å². The Morgan fingerprint density at radius 1 is 1.44 bits per heavy atom. The molecule has 0 radical (unpaired) electrons. The highest BCUT2D eigenvalue weighted by Crippen LogP contribution is 2.36. The van der Waals surface area contributed by atoms with Crippen LogP contribution in [0.4, 0.5) is 0 Å². The number of aliphatic carboxylic acids is 1. The third kappa shape index (κ3) is 7.59. The number of carbonyl (C=O) groups is 1. The summed E-state index contributed by atoms with van der Waals surface area (Å²) < 4.78 is 10.7. The van der Waals surface area contributed by atoms with E-state index in [1.807, 2.05) is 0 Å². The number of carboxylic acid groups (broad SMARTS) is 1. The van der Waals surface area contributed by atoms with E-state index in [4.69, 9.17) is 14.9 Å². The highest BCUT2D eigenvalue weighted by Gasteiger charge is 2.18. The fraction of sp³-hybridized carbons (Fsp3) is 0.667. The van der Waals surface area contributed by atoms with Crippen LogP contribution in [0.25, 0.3) is 0 Å². The highest BCUT2D eigenvalue weighted by molar-refractivity contribution is 7.52. The topological polar surface area (TPSA) is 107 Å². The SMILES string of the molecule is CC(=CC(NC(C)C)C(=O)O)CP(=O)(O)O. The lowest BCUT2D eigenvalue weighted by atomic mass is 10.2. The van der Waals surface area contributed by atoms with Gasteiger partial charge in [-0.2, -0.15) is 0 Å². The summed E-state index contributed by atoms with van der Waals surface area (Å²) in [5.74, 6) is -1.07. The van der Waals surface area contributed by atoms with Crippen LogP contribution < -0.4 is 5.32 Å². The average Bonchev–Trinajstić information content (AvgIpc) is 1.97. The Hall–Kier alpha value is -0.680. The van der Waals surface area contributed by atoms with Crippen LogP contribution in [0.15, 0.2) is 11.6 Å². The molecule has 94 valence electrons. The van der Waals surface area contributed by atoms with Gasteiger partial charge >= 0.3 is 13.6 Å². The van der Waals surface area contributed by atoms with E-state index in [1.54, 1.807) is 13.8 Å². The van der Waals surface area contributed by atoms with Gasteiger partial charge in [-0.3, -0.25) is 14.7 Å². The van der Waals surface area contributed by atoms with Crippen molar-refractivity contribution in [3.63, 3.8) is 0 Å². The van der Waals surface area contributed by atoms with Gasteiger partial charge in [-0.25, -0.2) is 0 Å². The van der Waals surface area contributed by atoms with Gasteiger partial charge in [0.15, 0.2) is 0 Å².